The van der Waals surface area contributed by atoms with Gasteiger partial charge in [0.15, 0.2) is 0 Å². The van der Waals surface area contributed by atoms with Crippen LogP contribution in [0.5, 0.6) is 0 Å². The van der Waals surface area contributed by atoms with E-state index in [1.54, 1.807) is 11.1 Å². The third kappa shape index (κ3) is 7.11. The van der Waals surface area contributed by atoms with Crippen LogP contribution < -0.4 is 0 Å². The molecule has 1 aromatic heterocycles. The van der Waals surface area contributed by atoms with Gasteiger partial charge >= 0.3 is 0 Å². The molecule has 1 fully saturated rings. The second-order valence-electron chi connectivity index (χ2n) is 12.8. The van der Waals surface area contributed by atoms with Crippen molar-refractivity contribution < 1.29 is 0 Å². The molecule has 1 saturated carbocycles. The van der Waals surface area contributed by atoms with Crippen LogP contribution in [0.2, 0.25) is 0 Å². The third-order valence-corrected chi connectivity index (χ3v) is 9.22. The summed E-state index contributed by atoms with van der Waals surface area (Å²) in [7, 11) is 0. The van der Waals surface area contributed by atoms with E-state index in [-0.39, 0.29) is 5.41 Å². The minimum atomic E-state index is 0.237. The SMILES string of the molecule is CCC(CCc1ccccc1C(C)(C)CC1CCCCC1)c1cccc(/C=C/c2ccc3ccc(C)cc3n2)c1. The molecular formula is C39H47N. The van der Waals surface area contributed by atoms with E-state index >= 15 is 0 Å². The minimum Gasteiger partial charge on any atom is -0.248 e. The Morgan fingerprint density at radius 3 is 2.50 bits per heavy atom. The third-order valence-electron chi connectivity index (χ3n) is 9.22. The lowest BCUT2D eigenvalue weighted by Crippen LogP contribution is -2.24. The fourth-order valence-corrected chi connectivity index (χ4v) is 6.99. The smallest absolute Gasteiger partial charge is 0.0711 e. The molecule has 1 aliphatic carbocycles. The molecule has 5 rings (SSSR count). The summed E-state index contributed by atoms with van der Waals surface area (Å²) in [6.07, 6.45) is 16.3. The normalized spacial score (nSPS) is 15.6. The van der Waals surface area contributed by atoms with Crippen molar-refractivity contribution >= 4 is 23.1 Å². The molecule has 1 unspecified atom stereocenters. The number of nitrogens with zero attached hydrogens (tertiary/aromatic N) is 1. The van der Waals surface area contributed by atoms with Gasteiger partial charge in [-0.15, -0.1) is 0 Å². The van der Waals surface area contributed by atoms with Crippen LogP contribution in [0, 0.1) is 12.8 Å². The molecule has 1 heterocycles. The minimum absolute atomic E-state index is 0.237. The van der Waals surface area contributed by atoms with Crippen LogP contribution in [0.3, 0.4) is 0 Å². The van der Waals surface area contributed by atoms with Crippen molar-refractivity contribution in [2.24, 2.45) is 5.92 Å². The van der Waals surface area contributed by atoms with Crippen LogP contribution >= 0.6 is 0 Å². The van der Waals surface area contributed by atoms with Gasteiger partial charge < -0.3 is 0 Å². The lowest BCUT2D eigenvalue weighted by atomic mass is 9.71. The second-order valence-corrected chi connectivity index (χ2v) is 12.8. The Bertz CT molecular complexity index is 1440. The maximum atomic E-state index is 4.87. The molecular weight excluding hydrogens is 482 g/mol. The van der Waals surface area contributed by atoms with E-state index in [4.69, 9.17) is 4.98 Å². The van der Waals surface area contributed by atoms with Crippen molar-refractivity contribution in [3.8, 4) is 0 Å². The van der Waals surface area contributed by atoms with Gasteiger partial charge in [-0.2, -0.15) is 0 Å². The number of hydrogen-bond acceptors (Lipinski definition) is 1. The molecule has 208 valence electrons. The highest BCUT2D eigenvalue weighted by Crippen LogP contribution is 2.39. The molecule has 0 N–H and O–H groups in total. The summed E-state index contributed by atoms with van der Waals surface area (Å²) in [4.78, 5) is 4.87. The molecule has 0 radical (unpaired) electrons. The summed E-state index contributed by atoms with van der Waals surface area (Å²) in [5, 5.41) is 1.19. The van der Waals surface area contributed by atoms with Gasteiger partial charge in [0, 0.05) is 5.39 Å². The quantitative estimate of drug-likeness (QED) is 0.199. The van der Waals surface area contributed by atoms with Crippen LogP contribution in [-0.2, 0) is 11.8 Å². The summed E-state index contributed by atoms with van der Waals surface area (Å²) >= 11 is 0. The predicted octanol–water partition coefficient (Wildman–Crippen LogP) is 11.1. The molecule has 4 aromatic rings. The highest BCUT2D eigenvalue weighted by Gasteiger charge is 2.28. The summed E-state index contributed by atoms with van der Waals surface area (Å²) in [6.45, 7) is 9.43. The van der Waals surface area contributed by atoms with Gasteiger partial charge in [-0.1, -0.05) is 126 Å². The van der Waals surface area contributed by atoms with Crippen LogP contribution in [0.25, 0.3) is 23.1 Å². The largest absolute Gasteiger partial charge is 0.248 e. The Labute approximate surface area is 242 Å². The Morgan fingerprint density at radius 2 is 1.68 bits per heavy atom. The number of pyridine rings is 1. The number of fused-ring (bicyclic) bond motifs is 1. The number of rotatable bonds is 10. The fourth-order valence-electron chi connectivity index (χ4n) is 6.99. The van der Waals surface area contributed by atoms with Crippen molar-refractivity contribution in [2.45, 2.75) is 96.8 Å². The van der Waals surface area contributed by atoms with Crippen molar-refractivity contribution in [3.63, 3.8) is 0 Å². The van der Waals surface area contributed by atoms with Gasteiger partial charge in [0.25, 0.3) is 0 Å². The molecule has 40 heavy (non-hydrogen) atoms. The first-order valence-electron chi connectivity index (χ1n) is 15.6. The van der Waals surface area contributed by atoms with Crippen molar-refractivity contribution in [2.75, 3.05) is 0 Å². The number of benzene rings is 3. The van der Waals surface area contributed by atoms with Gasteiger partial charge in [-0.3, -0.25) is 0 Å². The molecule has 0 spiro atoms. The Hall–Kier alpha value is -3.19. The van der Waals surface area contributed by atoms with E-state index in [1.165, 1.54) is 67.0 Å². The van der Waals surface area contributed by atoms with Crippen LogP contribution in [0.4, 0.5) is 0 Å². The summed E-state index contributed by atoms with van der Waals surface area (Å²) < 4.78 is 0. The van der Waals surface area contributed by atoms with Gasteiger partial charge in [-0.05, 0) is 95.9 Å². The van der Waals surface area contributed by atoms with E-state index < -0.39 is 0 Å². The highest BCUT2D eigenvalue weighted by molar-refractivity contribution is 5.81. The molecule has 0 bridgehead atoms. The van der Waals surface area contributed by atoms with Crippen LogP contribution in [0.15, 0.2) is 78.9 Å². The zero-order valence-corrected chi connectivity index (χ0v) is 25.1. The molecule has 1 nitrogen and oxygen atoms in total. The predicted molar refractivity (Wildman–Crippen MR) is 174 cm³/mol. The average Bonchev–Trinajstić information content (AvgIpc) is 2.97. The molecule has 3 aromatic carbocycles. The molecule has 0 saturated heterocycles. The van der Waals surface area contributed by atoms with E-state index in [1.807, 2.05) is 0 Å². The average molecular weight is 530 g/mol. The highest BCUT2D eigenvalue weighted by atomic mass is 14.7. The van der Waals surface area contributed by atoms with E-state index in [0.29, 0.717) is 5.92 Å². The fraction of sp³-hybridized carbons (Fsp3) is 0.410. The van der Waals surface area contributed by atoms with Gasteiger partial charge in [-0.25, -0.2) is 4.98 Å². The molecule has 1 atom stereocenters. The monoisotopic (exact) mass is 529 g/mol. The first kappa shape index (κ1) is 28.3. The summed E-state index contributed by atoms with van der Waals surface area (Å²) in [6, 6.07) is 29.2. The summed E-state index contributed by atoms with van der Waals surface area (Å²) in [5.74, 6) is 1.45. The number of aryl methyl sites for hydroxylation is 2. The van der Waals surface area contributed by atoms with Crippen LogP contribution in [-0.4, -0.2) is 4.98 Å². The maximum Gasteiger partial charge on any atom is 0.0711 e. The second kappa shape index (κ2) is 13.0. The van der Waals surface area contributed by atoms with E-state index in [2.05, 4.69) is 119 Å². The van der Waals surface area contributed by atoms with Gasteiger partial charge in [0.2, 0.25) is 0 Å². The van der Waals surface area contributed by atoms with E-state index in [0.717, 1.165) is 30.0 Å². The molecule has 1 heteroatoms. The zero-order valence-electron chi connectivity index (χ0n) is 25.1. The standard InChI is InChI=1S/C39H47N/c1-5-32(21-22-33-15-9-10-17-37(33)39(3,4)28-31-12-7-6-8-13-31)35-16-11-14-30(27-35)19-24-36-25-23-34-20-18-29(2)26-38(34)40-36/h9-11,14-20,23-27,31-32H,5-8,12-13,21-22,28H2,1-4H3/b24-19+. The molecule has 1 aliphatic rings. The van der Waals surface area contributed by atoms with Crippen molar-refractivity contribution in [1.82, 2.24) is 4.98 Å². The number of hydrogen-bond donors (Lipinski definition) is 0. The maximum absolute atomic E-state index is 4.87. The van der Waals surface area contributed by atoms with Crippen LogP contribution in [0.1, 0.15) is 112 Å². The van der Waals surface area contributed by atoms with Gasteiger partial charge in [0.1, 0.15) is 0 Å². The van der Waals surface area contributed by atoms with E-state index in [9.17, 15) is 0 Å². The van der Waals surface area contributed by atoms with Crippen molar-refractivity contribution in [3.05, 3.63) is 112 Å². The molecule has 0 amide bonds. The Kier molecular flexibility index (Phi) is 9.20. The lowest BCUT2D eigenvalue weighted by Gasteiger charge is -2.34. The molecule has 0 aliphatic heterocycles. The Morgan fingerprint density at radius 1 is 0.875 bits per heavy atom. The lowest BCUT2D eigenvalue weighted by molar-refractivity contribution is 0.279. The van der Waals surface area contributed by atoms with Crippen molar-refractivity contribution in [1.29, 1.82) is 0 Å². The topological polar surface area (TPSA) is 12.9 Å². The first-order valence-corrected chi connectivity index (χ1v) is 15.6. The zero-order chi connectivity index (χ0) is 28.0. The Balaban J connectivity index is 1.28. The first-order chi connectivity index (χ1) is 19.4. The van der Waals surface area contributed by atoms with Gasteiger partial charge in [0.05, 0.1) is 11.2 Å². The summed E-state index contributed by atoms with van der Waals surface area (Å²) in [5.41, 5.74) is 9.37. The number of aromatic nitrogens is 1.